The van der Waals surface area contributed by atoms with Crippen LogP contribution in [0.15, 0.2) is 29.3 Å². The molecule has 1 aliphatic rings. The van der Waals surface area contributed by atoms with Gasteiger partial charge in [-0.3, -0.25) is 4.99 Å². The van der Waals surface area contributed by atoms with E-state index in [1.807, 2.05) is 0 Å². The first-order chi connectivity index (χ1) is 10.7. The summed E-state index contributed by atoms with van der Waals surface area (Å²) in [5.41, 5.74) is 2.66. The zero-order chi connectivity index (χ0) is 15.8. The highest BCUT2D eigenvalue weighted by atomic mass is 15.2. The molecule has 122 valence electrons. The zero-order valence-corrected chi connectivity index (χ0v) is 14.2. The Balaban J connectivity index is 2.04. The first-order valence-corrected chi connectivity index (χ1v) is 8.64. The van der Waals surface area contributed by atoms with Crippen LogP contribution in [0.4, 0.5) is 5.69 Å². The molecular weight excluding hydrogens is 272 g/mol. The number of nitrogens with zero attached hydrogens (tertiary/aromatic N) is 2. The van der Waals surface area contributed by atoms with Crippen molar-refractivity contribution >= 4 is 11.6 Å². The van der Waals surface area contributed by atoms with Crippen molar-refractivity contribution in [1.82, 2.24) is 10.6 Å². The molecule has 1 fully saturated rings. The van der Waals surface area contributed by atoms with Crippen LogP contribution in [0.1, 0.15) is 51.6 Å². The predicted octanol–water partition coefficient (Wildman–Crippen LogP) is 3.31. The second-order valence-corrected chi connectivity index (χ2v) is 5.92. The highest BCUT2D eigenvalue weighted by molar-refractivity contribution is 5.80. The van der Waals surface area contributed by atoms with Gasteiger partial charge in [0.2, 0.25) is 0 Å². The van der Waals surface area contributed by atoms with Crippen LogP contribution in [0, 0.1) is 0 Å². The minimum absolute atomic E-state index is 0.247. The van der Waals surface area contributed by atoms with Crippen molar-refractivity contribution < 1.29 is 0 Å². The monoisotopic (exact) mass is 302 g/mol. The minimum atomic E-state index is 0.247. The summed E-state index contributed by atoms with van der Waals surface area (Å²) < 4.78 is 0. The highest BCUT2D eigenvalue weighted by Crippen LogP contribution is 2.23. The average Bonchev–Trinajstić information content (AvgIpc) is 3.07. The Morgan fingerprint density at radius 3 is 2.73 bits per heavy atom. The third kappa shape index (κ3) is 4.65. The molecule has 1 aliphatic heterocycles. The molecule has 0 aromatic heterocycles. The number of aliphatic imine (C=N–C) groups is 1. The third-order valence-electron chi connectivity index (χ3n) is 4.03. The quantitative estimate of drug-likeness (QED) is 0.625. The molecular formula is C18H30N4. The number of anilines is 1. The van der Waals surface area contributed by atoms with Crippen molar-refractivity contribution in [1.29, 1.82) is 0 Å². The first kappa shape index (κ1) is 16.7. The van der Waals surface area contributed by atoms with Gasteiger partial charge in [-0.15, -0.1) is 0 Å². The van der Waals surface area contributed by atoms with E-state index in [-0.39, 0.29) is 6.04 Å². The Labute approximate surface area is 135 Å². The average molecular weight is 302 g/mol. The van der Waals surface area contributed by atoms with Gasteiger partial charge in [-0.25, -0.2) is 0 Å². The van der Waals surface area contributed by atoms with Crippen LogP contribution >= 0.6 is 0 Å². The third-order valence-corrected chi connectivity index (χ3v) is 4.03. The largest absolute Gasteiger partial charge is 0.372 e. The molecule has 0 aliphatic carbocycles. The summed E-state index contributed by atoms with van der Waals surface area (Å²) in [6, 6.07) is 9.14. The van der Waals surface area contributed by atoms with Crippen molar-refractivity contribution in [2.24, 2.45) is 4.99 Å². The van der Waals surface area contributed by atoms with E-state index in [9.17, 15) is 0 Å². The van der Waals surface area contributed by atoms with Crippen molar-refractivity contribution in [3.8, 4) is 0 Å². The summed E-state index contributed by atoms with van der Waals surface area (Å²) in [4.78, 5) is 7.06. The zero-order valence-electron chi connectivity index (χ0n) is 14.2. The van der Waals surface area contributed by atoms with E-state index >= 15 is 0 Å². The number of hydrogen-bond donors (Lipinski definition) is 2. The van der Waals surface area contributed by atoms with Gasteiger partial charge in [-0.05, 0) is 50.8 Å². The minimum Gasteiger partial charge on any atom is -0.372 e. The smallest absolute Gasteiger partial charge is 0.191 e. The lowest BCUT2D eigenvalue weighted by atomic mass is 10.1. The molecule has 1 unspecified atom stereocenters. The number of rotatable bonds is 6. The molecule has 22 heavy (non-hydrogen) atoms. The predicted molar refractivity (Wildman–Crippen MR) is 95.7 cm³/mol. The van der Waals surface area contributed by atoms with Crippen LogP contribution in [0.25, 0.3) is 0 Å². The van der Waals surface area contributed by atoms with Gasteiger partial charge < -0.3 is 15.5 Å². The maximum absolute atomic E-state index is 4.58. The van der Waals surface area contributed by atoms with Crippen molar-refractivity contribution in [3.05, 3.63) is 29.8 Å². The van der Waals surface area contributed by atoms with Crippen molar-refractivity contribution in [2.75, 3.05) is 31.1 Å². The number of benzene rings is 1. The number of guanidine groups is 1. The molecule has 1 aromatic rings. The van der Waals surface area contributed by atoms with Gasteiger partial charge in [0.1, 0.15) is 0 Å². The molecule has 4 heteroatoms. The standard InChI is InChI=1S/C18H30N4/c1-4-11-20-18(19-5-2)21-15(3)16-9-8-10-17(14-16)22-12-6-7-13-22/h8-10,14-15H,4-7,11-13H2,1-3H3,(H2,19,20,21). The van der Waals surface area contributed by atoms with Crippen LogP contribution in [0.3, 0.4) is 0 Å². The Bertz CT molecular complexity index is 478. The SMILES string of the molecule is CCCN=C(NCC)NC(C)c1cccc(N2CCCC2)c1. The Kier molecular flexibility index (Phi) is 6.56. The van der Waals surface area contributed by atoms with E-state index in [4.69, 9.17) is 0 Å². The summed E-state index contributed by atoms with van der Waals surface area (Å²) in [6.45, 7) is 10.6. The van der Waals surface area contributed by atoms with Gasteiger partial charge in [0, 0.05) is 31.9 Å². The van der Waals surface area contributed by atoms with Crippen LogP contribution in [-0.4, -0.2) is 32.1 Å². The molecule has 0 amide bonds. The van der Waals surface area contributed by atoms with Crippen LogP contribution < -0.4 is 15.5 Å². The van der Waals surface area contributed by atoms with Gasteiger partial charge >= 0.3 is 0 Å². The van der Waals surface area contributed by atoms with E-state index in [0.717, 1.165) is 25.5 Å². The van der Waals surface area contributed by atoms with E-state index in [2.05, 4.69) is 65.6 Å². The van der Waals surface area contributed by atoms with Crippen LogP contribution in [0.2, 0.25) is 0 Å². The summed E-state index contributed by atoms with van der Waals surface area (Å²) in [7, 11) is 0. The lowest BCUT2D eigenvalue weighted by Gasteiger charge is -2.22. The summed E-state index contributed by atoms with van der Waals surface area (Å²) in [5.74, 6) is 0.906. The fraction of sp³-hybridized carbons (Fsp3) is 0.611. The van der Waals surface area contributed by atoms with Crippen LogP contribution in [0.5, 0.6) is 0 Å². The Hall–Kier alpha value is -1.71. The molecule has 0 saturated carbocycles. The molecule has 2 N–H and O–H groups in total. The first-order valence-electron chi connectivity index (χ1n) is 8.64. The normalized spacial score (nSPS) is 16.7. The Morgan fingerprint density at radius 1 is 1.27 bits per heavy atom. The topological polar surface area (TPSA) is 39.7 Å². The molecule has 2 rings (SSSR count). The van der Waals surface area contributed by atoms with E-state index in [1.54, 1.807) is 0 Å². The van der Waals surface area contributed by atoms with Gasteiger partial charge in [-0.2, -0.15) is 0 Å². The number of nitrogens with one attached hydrogen (secondary N) is 2. The van der Waals surface area contributed by atoms with Gasteiger partial charge in [0.25, 0.3) is 0 Å². The second kappa shape index (κ2) is 8.66. The fourth-order valence-corrected chi connectivity index (χ4v) is 2.80. The van der Waals surface area contributed by atoms with E-state index in [1.165, 1.54) is 37.2 Å². The Morgan fingerprint density at radius 2 is 2.05 bits per heavy atom. The molecule has 1 heterocycles. The summed E-state index contributed by atoms with van der Waals surface area (Å²) >= 11 is 0. The van der Waals surface area contributed by atoms with E-state index in [0.29, 0.717) is 0 Å². The summed E-state index contributed by atoms with van der Waals surface area (Å²) in [6.07, 6.45) is 3.69. The second-order valence-electron chi connectivity index (χ2n) is 5.92. The lowest BCUT2D eigenvalue weighted by molar-refractivity contribution is 0.685. The molecule has 1 aromatic carbocycles. The fourth-order valence-electron chi connectivity index (χ4n) is 2.80. The molecule has 0 bridgehead atoms. The lowest BCUT2D eigenvalue weighted by Crippen LogP contribution is -2.38. The maximum Gasteiger partial charge on any atom is 0.191 e. The van der Waals surface area contributed by atoms with Gasteiger partial charge in [0.05, 0.1) is 6.04 Å². The molecule has 0 spiro atoms. The van der Waals surface area contributed by atoms with Crippen molar-refractivity contribution in [2.45, 2.75) is 46.1 Å². The molecule has 1 saturated heterocycles. The number of hydrogen-bond acceptors (Lipinski definition) is 2. The highest BCUT2D eigenvalue weighted by Gasteiger charge is 2.14. The van der Waals surface area contributed by atoms with Crippen molar-refractivity contribution in [3.63, 3.8) is 0 Å². The van der Waals surface area contributed by atoms with E-state index < -0.39 is 0 Å². The van der Waals surface area contributed by atoms with Gasteiger partial charge in [-0.1, -0.05) is 19.1 Å². The van der Waals surface area contributed by atoms with Gasteiger partial charge in [0.15, 0.2) is 5.96 Å². The molecule has 4 nitrogen and oxygen atoms in total. The van der Waals surface area contributed by atoms with Crippen LogP contribution in [-0.2, 0) is 0 Å². The maximum atomic E-state index is 4.58. The summed E-state index contributed by atoms with van der Waals surface area (Å²) in [5, 5.41) is 6.82. The molecule has 1 atom stereocenters. The molecule has 0 radical (unpaired) electrons.